The molecule has 0 aliphatic heterocycles. The molecule has 1 heterocycles. The summed E-state index contributed by atoms with van der Waals surface area (Å²) in [7, 11) is 0. The number of thiazole rings is 1. The summed E-state index contributed by atoms with van der Waals surface area (Å²) in [6, 6.07) is 10.1. The smallest absolute Gasteiger partial charge is 0.186 e. The Morgan fingerprint density at radius 1 is 0.800 bits per heavy atom. The Labute approximate surface area is 187 Å². The van der Waals surface area contributed by atoms with Gasteiger partial charge in [-0.1, -0.05) is 120 Å². The maximum Gasteiger partial charge on any atom is 0.186 e. The van der Waals surface area contributed by atoms with E-state index >= 15 is 0 Å². The summed E-state index contributed by atoms with van der Waals surface area (Å²) < 4.78 is 0. The standard InChI is InChI=1S/C26H40N2OS/c1-3-5-7-9-11-16-20-28(21-17-12-10-8-6-4-2)26-27-25(24(22-29)30-26)23-18-14-13-15-19-23/h13-15,18-19,22H,3-12,16-17,20-21H2,1-2H3. The van der Waals surface area contributed by atoms with Crippen molar-refractivity contribution in [2.24, 2.45) is 0 Å². The zero-order chi connectivity index (χ0) is 21.4. The van der Waals surface area contributed by atoms with Crippen molar-refractivity contribution in [2.75, 3.05) is 18.0 Å². The third-order valence-electron chi connectivity index (χ3n) is 5.63. The van der Waals surface area contributed by atoms with Crippen molar-refractivity contribution >= 4 is 22.8 Å². The second-order valence-electron chi connectivity index (χ2n) is 8.22. The van der Waals surface area contributed by atoms with Crippen LogP contribution >= 0.6 is 11.3 Å². The number of carbonyl (C=O) groups is 1. The molecule has 0 radical (unpaired) electrons. The minimum Gasteiger partial charge on any atom is -0.348 e. The zero-order valence-electron chi connectivity index (χ0n) is 19.1. The molecule has 0 amide bonds. The van der Waals surface area contributed by atoms with E-state index in [0.29, 0.717) is 0 Å². The summed E-state index contributed by atoms with van der Waals surface area (Å²) in [6.07, 6.45) is 16.6. The van der Waals surface area contributed by atoms with Crippen LogP contribution in [0.3, 0.4) is 0 Å². The Balaban J connectivity index is 2.00. The van der Waals surface area contributed by atoms with Gasteiger partial charge in [-0.2, -0.15) is 0 Å². The van der Waals surface area contributed by atoms with Crippen molar-refractivity contribution in [1.29, 1.82) is 0 Å². The van der Waals surface area contributed by atoms with Crippen LogP contribution in [0.15, 0.2) is 30.3 Å². The minimum atomic E-state index is 0.743. The summed E-state index contributed by atoms with van der Waals surface area (Å²) in [5.41, 5.74) is 1.86. The van der Waals surface area contributed by atoms with E-state index in [2.05, 4.69) is 18.7 Å². The Morgan fingerprint density at radius 2 is 1.33 bits per heavy atom. The van der Waals surface area contributed by atoms with Gasteiger partial charge in [0, 0.05) is 18.7 Å². The third kappa shape index (κ3) is 8.59. The van der Waals surface area contributed by atoms with Crippen molar-refractivity contribution in [3.8, 4) is 11.3 Å². The van der Waals surface area contributed by atoms with E-state index < -0.39 is 0 Å². The molecule has 0 saturated heterocycles. The molecule has 166 valence electrons. The van der Waals surface area contributed by atoms with Crippen LogP contribution < -0.4 is 4.90 Å². The van der Waals surface area contributed by atoms with Crippen molar-refractivity contribution in [3.63, 3.8) is 0 Å². The fourth-order valence-electron chi connectivity index (χ4n) is 3.81. The fraction of sp³-hybridized carbons (Fsp3) is 0.615. The molecule has 0 unspecified atom stereocenters. The number of aromatic nitrogens is 1. The first-order chi connectivity index (χ1) is 14.8. The molecule has 0 saturated carbocycles. The van der Waals surface area contributed by atoms with Gasteiger partial charge in [0.15, 0.2) is 11.4 Å². The Kier molecular flexibility index (Phi) is 12.4. The number of hydrogen-bond acceptors (Lipinski definition) is 4. The number of anilines is 1. The third-order valence-corrected chi connectivity index (χ3v) is 6.67. The number of benzene rings is 1. The summed E-state index contributed by atoms with van der Waals surface area (Å²) in [4.78, 5) is 19.8. The second-order valence-corrected chi connectivity index (χ2v) is 9.22. The lowest BCUT2D eigenvalue weighted by molar-refractivity contribution is 0.112. The maximum absolute atomic E-state index is 11.7. The monoisotopic (exact) mass is 428 g/mol. The van der Waals surface area contributed by atoms with Gasteiger partial charge in [-0.05, 0) is 12.8 Å². The predicted octanol–water partition coefficient (Wildman–Crippen LogP) is 8.15. The largest absolute Gasteiger partial charge is 0.348 e. The first kappa shape index (κ1) is 24.6. The number of nitrogens with zero attached hydrogens (tertiary/aromatic N) is 2. The lowest BCUT2D eigenvalue weighted by Crippen LogP contribution is -2.25. The van der Waals surface area contributed by atoms with Crippen molar-refractivity contribution in [2.45, 2.75) is 90.9 Å². The summed E-state index contributed by atoms with van der Waals surface area (Å²) in [6.45, 7) is 6.61. The zero-order valence-corrected chi connectivity index (χ0v) is 19.9. The molecule has 30 heavy (non-hydrogen) atoms. The second kappa shape index (κ2) is 15.2. The van der Waals surface area contributed by atoms with Crippen LogP contribution in [-0.4, -0.2) is 24.4 Å². The number of aldehydes is 1. The van der Waals surface area contributed by atoms with Crippen LogP contribution in [0.25, 0.3) is 11.3 Å². The molecular weight excluding hydrogens is 388 g/mol. The van der Waals surface area contributed by atoms with Gasteiger partial charge >= 0.3 is 0 Å². The van der Waals surface area contributed by atoms with E-state index in [0.717, 1.165) is 40.6 Å². The van der Waals surface area contributed by atoms with Gasteiger partial charge in [-0.3, -0.25) is 4.79 Å². The number of carbonyl (C=O) groups excluding carboxylic acids is 1. The molecule has 1 aromatic carbocycles. The highest BCUT2D eigenvalue weighted by molar-refractivity contribution is 7.17. The van der Waals surface area contributed by atoms with Crippen LogP contribution in [0, 0.1) is 0 Å². The Bertz CT molecular complexity index is 682. The molecule has 1 aromatic heterocycles. The summed E-state index contributed by atoms with van der Waals surface area (Å²) in [5, 5.41) is 1.01. The lowest BCUT2D eigenvalue weighted by atomic mass is 10.1. The molecule has 0 spiro atoms. The molecule has 0 bridgehead atoms. The number of unbranched alkanes of at least 4 members (excludes halogenated alkanes) is 10. The molecular formula is C26H40N2OS. The van der Waals surface area contributed by atoms with Crippen LogP contribution in [-0.2, 0) is 0 Å². The first-order valence-corrected chi connectivity index (χ1v) is 12.9. The molecule has 0 atom stereocenters. The summed E-state index contributed by atoms with van der Waals surface area (Å²) >= 11 is 1.55. The van der Waals surface area contributed by atoms with Crippen LogP contribution in [0.5, 0.6) is 0 Å². The van der Waals surface area contributed by atoms with Gasteiger partial charge < -0.3 is 4.90 Å². The highest BCUT2D eigenvalue weighted by atomic mass is 32.1. The van der Waals surface area contributed by atoms with Gasteiger partial charge in [-0.15, -0.1) is 0 Å². The van der Waals surface area contributed by atoms with Gasteiger partial charge in [0.05, 0.1) is 10.6 Å². The highest BCUT2D eigenvalue weighted by Crippen LogP contribution is 2.32. The highest BCUT2D eigenvalue weighted by Gasteiger charge is 2.17. The minimum absolute atomic E-state index is 0.743. The Hall–Kier alpha value is -1.68. The van der Waals surface area contributed by atoms with Gasteiger partial charge in [0.25, 0.3) is 0 Å². The fourth-order valence-corrected chi connectivity index (χ4v) is 4.76. The van der Waals surface area contributed by atoms with Crippen molar-refractivity contribution in [3.05, 3.63) is 35.2 Å². The normalized spacial score (nSPS) is 11.0. The molecule has 0 fully saturated rings. The Morgan fingerprint density at radius 3 is 1.87 bits per heavy atom. The SMILES string of the molecule is CCCCCCCCN(CCCCCCCC)c1nc(-c2ccccc2)c(C=O)s1. The van der Waals surface area contributed by atoms with Crippen molar-refractivity contribution in [1.82, 2.24) is 4.98 Å². The summed E-state index contributed by atoms with van der Waals surface area (Å²) in [5.74, 6) is 0. The molecule has 3 nitrogen and oxygen atoms in total. The molecule has 0 aliphatic carbocycles. The van der Waals surface area contributed by atoms with E-state index in [1.807, 2.05) is 30.3 Å². The van der Waals surface area contributed by atoms with Gasteiger partial charge in [0.2, 0.25) is 0 Å². The van der Waals surface area contributed by atoms with Gasteiger partial charge in [-0.25, -0.2) is 4.98 Å². The van der Waals surface area contributed by atoms with Crippen LogP contribution in [0.1, 0.15) is 101 Å². The molecule has 2 aromatic rings. The van der Waals surface area contributed by atoms with Crippen LogP contribution in [0.2, 0.25) is 0 Å². The molecule has 2 rings (SSSR count). The molecule has 0 aliphatic rings. The average molecular weight is 429 g/mol. The van der Waals surface area contributed by atoms with E-state index in [1.165, 1.54) is 77.0 Å². The predicted molar refractivity (Wildman–Crippen MR) is 132 cm³/mol. The van der Waals surface area contributed by atoms with Crippen molar-refractivity contribution < 1.29 is 4.79 Å². The quantitative estimate of drug-likeness (QED) is 0.188. The van der Waals surface area contributed by atoms with E-state index in [1.54, 1.807) is 11.3 Å². The number of hydrogen-bond donors (Lipinski definition) is 0. The average Bonchev–Trinajstić information content (AvgIpc) is 3.22. The molecule has 0 N–H and O–H groups in total. The van der Waals surface area contributed by atoms with Gasteiger partial charge in [0.1, 0.15) is 0 Å². The topological polar surface area (TPSA) is 33.2 Å². The van der Waals surface area contributed by atoms with Crippen LogP contribution in [0.4, 0.5) is 5.13 Å². The number of rotatable bonds is 17. The maximum atomic E-state index is 11.7. The van der Waals surface area contributed by atoms with E-state index in [4.69, 9.17) is 4.98 Å². The lowest BCUT2D eigenvalue weighted by Gasteiger charge is -2.22. The first-order valence-electron chi connectivity index (χ1n) is 12.1. The van der Waals surface area contributed by atoms with E-state index in [9.17, 15) is 4.79 Å². The van der Waals surface area contributed by atoms with E-state index in [-0.39, 0.29) is 0 Å². The molecule has 4 heteroatoms.